The van der Waals surface area contributed by atoms with Crippen LogP contribution >= 0.6 is 0 Å². The third-order valence-corrected chi connectivity index (χ3v) is 8.10. The molecule has 3 aliphatic rings. The molecule has 0 aromatic rings. The molecule has 3 heterocycles. The Bertz CT molecular complexity index is 500. The van der Waals surface area contributed by atoms with Gasteiger partial charge in [0.1, 0.15) is 0 Å². The summed E-state index contributed by atoms with van der Waals surface area (Å²) < 4.78 is 5.91. The van der Waals surface area contributed by atoms with Crippen molar-refractivity contribution in [3.05, 3.63) is 0 Å². The van der Waals surface area contributed by atoms with Crippen LogP contribution in [0.15, 0.2) is 0 Å². The van der Waals surface area contributed by atoms with Gasteiger partial charge in [0.15, 0.2) is 0 Å². The van der Waals surface area contributed by atoms with Crippen molar-refractivity contribution in [2.24, 2.45) is 17.8 Å². The number of ether oxygens (including phenoxy) is 1. The minimum atomic E-state index is -0.00575. The molecule has 0 saturated carbocycles. The zero-order chi connectivity index (χ0) is 22.5. The zero-order valence-corrected chi connectivity index (χ0v) is 21.8. The molecule has 3 saturated heterocycles. The first-order chi connectivity index (χ1) is 14.6. The van der Waals surface area contributed by atoms with E-state index < -0.39 is 0 Å². The highest BCUT2D eigenvalue weighted by molar-refractivity contribution is 4.84. The summed E-state index contributed by atoms with van der Waals surface area (Å²) in [5.41, 5.74) is 0.348. The molecule has 0 N–H and O–H groups in total. The highest BCUT2D eigenvalue weighted by Crippen LogP contribution is 2.32. The van der Waals surface area contributed by atoms with Gasteiger partial charge in [0.2, 0.25) is 0 Å². The topological polar surface area (TPSA) is 19.0 Å². The molecule has 0 atom stereocenters. The van der Waals surface area contributed by atoms with Crippen LogP contribution in [0.1, 0.15) is 86.5 Å². The quantitative estimate of drug-likeness (QED) is 0.552. The van der Waals surface area contributed by atoms with Crippen LogP contribution in [0.2, 0.25) is 0 Å². The second-order valence-electron chi connectivity index (χ2n) is 12.8. The second kappa shape index (κ2) is 11.3. The molecule has 4 heteroatoms. The van der Waals surface area contributed by atoms with E-state index in [4.69, 9.17) is 4.74 Å². The van der Waals surface area contributed by atoms with Gasteiger partial charge < -0.3 is 14.5 Å². The van der Waals surface area contributed by atoms with Crippen LogP contribution in [0, 0.1) is 17.8 Å². The van der Waals surface area contributed by atoms with E-state index in [1.54, 1.807) is 0 Å². The number of hydrogen-bond acceptors (Lipinski definition) is 4. The van der Waals surface area contributed by atoms with Crippen molar-refractivity contribution in [3.63, 3.8) is 0 Å². The van der Waals surface area contributed by atoms with E-state index in [1.807, 2.05) is 0 Å². The first-order valence-electron chi connectivity index (χ1n) is 13.4. The summed E-state index contributed by atoms with van der Waals surface area (Å²) >= 11 is 0. The Kier molecular flexibility index (Phi) is 9.29. The van der Waals surface area contributed by atoms with E-state index in [0.717, 1.165) is 30.9 Å². The molecule has 0 amide bonds. The maximum Gasteiger partial charge on any atom is 0.0600 e. The van der Waals surface area contributed by atoms with Crippen molar-refractivity contribution in [2.45, 2.75) is 97.6 Å². The van der Waals surface area contributed by atoms with Crippen molar-refractivity contribution in [3.8, 4) is 0 Å². The van der Waals surface area contributed by atoms with E-state index in [9.17, 15) is 0 Å². The Hall–Kier alpha value is -0.160. The van der Waals surface area contributed by atoms with E-state index in [2.05, 4.69) is 56.2 Å². The minimum Gasteiger partial charge on any atom is -0.375 e. The summed E-state index contributed by atoms with van der Waals surface area (Å²) in [6, 6.07) is 0. The van der Waals surface area contributed by atoms with Crippen LogP contribution < -0.4 is 0 Å². The fraction of sp³-hybridized carbons (Fsp3) is 1.00. The third kappa shape index (κ3) is 8.95. The van der Waals surface area contributed by atoms with Crippen LogP contribution in [0.5, 0.6) is 0 Å². The van der Waals surface area contributed by atoms with Gasteiger partial charge in [-0.05, 0) is 144 Å². The lowest BCUT2D eigenvalue weighted by Crippen LogP contribution is -2.46. The number of likely N-dealkylation sites (tertiary alicyclic amines) is 3. The molecule has 3 aliphatic heterocycles. The molecule has 182 valence electrons. The Balaban J connectivity index is 1.26. The van der Waals surface area contributed by atoms with Gasteiger partial charge in [-0.25, -0.2) is 0 Å². The SMILES string of the molecule is CC(C)(C)OCCN1CCC(CN2CCC(CC3CCN(C(C)(C)C)CC3)CC2)CC1. The minimum absolute atomic E-state index is 0.00575. The summed E-state index contributed by atoms with van der Waals surface area (Å²) in [7, 11) is 0. The second-order valence-corrected chi connectivity index (χ2v) is 12.8. The molecule has 0 aromatic carbocycles. The Morgan fingerprint density at radius 2 is 1.13 bits per heavy atom. The largest absolute Gasteiger partial charge is 0.375 e. The third-order valence-electron chi connectivity index (χ3n) is 8.10. The first-order valence-corrected chi connectivity index (χ1v) is 13.4. The average molecular weight is 436 g/mol. The van der Waals surface area contributed by atoms with Crippen molar-refractivity contribution >= 4 is 0 Å². The molecule has 0 aliphatic carbocycles. The highest BCUT2D eigenvalue weighted by atomic mass is 16.5. The summed E-state index contributed by atoms with van der Waals surface area (Å²) in [6.07, 6.45) is 10.0. The summed E-state index contributed by atoms with van der Waals surface area (Å²) in [6.45, 7) is 24.7. The lowest BCUT2D eigenvalue weighted by atomic mass is 9.82. The van der Waals surface area contributed by atoms with Crippen LogP contribution in [0.25, 0.3) is 0 Å². The van der Waals surface area contributed by atoms with Gasteiger partial charge in [0, 0.05) is 18.6 Å². The summed E-state index contributed by atoms with van der Waals surface area (Å²) in [5, 5.41) is 0. The normalized spacial score (nSPS) is 25.4. The standard InChI is InChI=1S/C27H53N3O/c1-26(2,3)30-17-11-24(12-18-30)21-23-7-15-29(16-8-23)22-25-9-13-28(14-10-25)19-20-31-27(4,5)6/h23-25H,7-22H2,1-6H3. The fourth-order valence-corrected chi connectivity index (χ4v) is 5.95. The van der Waals surface area contributed by atoms with Gasteiger partial charge in [-0.1, -0.05) is 0 Å². The van der Waals surface area contributed by atoms with Gasteiger partial charge in [-0.15, -0.1) is 0 Å². The number of piperidine rings is 3. The Labute approximate surface area is 194 Å². The molecule has 4 nitrogen and oxygen atoms in total. The number of rotatable bonds is 7. The van der Waals surface area contributed by atoms with Crippen LogP contribution in [-0.4, -0.2) is 84.8 Å². The molecule has 0 aromatic heterocycles. The van der Waals surface area contributed by atoms with Crippen molar-refractivity contribution < 1.29 is 4.74 Å². The lowest BCUT2D eigenvalue weighted by Gasteiger charge is -2.42. The number of nitrogens with zero attached hydrogens (tertiary/aromatic N) is 3. The average Bonchev–Trinajstić information content (AvgIpc) is 2.70. The predicted molar refractivity (Wildman–Crippen MR) is 133 cm³/mol. The molecule has 0 bridgehead atoms. The number of hydrogen-bond donors (Lipinski definition) is 0. The van der Waals surface area contributed by atoms with E-state index in [-0.39, 0.29) is 5.60 Å². The monoisotopic (exact) mass is 435 g/mol. The van der Waals surface area contributed by atoms with Crippen LogP contribution in [0.4, 0.5) is 0 Å². The van der Waals surface area contributed by atoms with Crippen LogP contribution in [-0.2, 0) is 4.74 Å². The lowest BCUT2D eigenvalue weighted by molar-refractivity contribution is -0.0169. The van der Waals surface area contributed by atoms with Crippen molar-refractivity contribution in [1.82, 2.24) is 14.7 Å². The summed E-state index contributed by atoms with van der Waals surface area (Å²) in [4.78, 5) is 8.09. The molecule has 31 heavy (non-hydrogen) atoms. The smallest absolute Gasteiger partial charge is 0.0600 e. The van der Waals surface area contributed by atoms with Gasteiger partial charge in [-0.2, -0.15) is 0 Å². The Morgan fingerprint density at radius 1 is 0.645 bits per heavy atom. The van der Waals surface area contributed by atoms with Crippen molar-refractivity contribution in [2.75, 3.05) is 59.0 Å². The zero-order valence-electron chi connectivity index (χ0n) is 21.8. The molecule has 0 unspecified atom stereocenters. The molecule has 0 spiro atoms. The van der Waals surface area contributed by atoms with E-state index >= 15 is 0 Å². The van der Waals surface area contributed by atoms with Gasteiger partial charge >= 0.3 is 0 Å². The fourth-order valence-electron chi connectivity index (χ4n) is 5.95. The summed E-state index contributed by atoms with van der Waals surface area (Å²) in [5.74, 6) is 2.90. The van der Waals surface area contributed by atoms with Crippen LogP contribution in [0.3, 0.4) is 0 Å². The molecule has 3 fully saturated rings. The van der Waals surface area contributed by atoms with Gasteiger partial charge in [0.25, 0.3) is 0 Å². The molecule has 0 radical (unpaired) electrons. The van der Waals surface area contributed by atoms with E-state index in [1.165, 1.54) is 90.8 Å². The first kappa shape index (κ1) is 25.5. The predicted octanol–water partition coefficient (Wildman–Crippen LogP) is 5.13. The van der Waals surface area contributed by atoms with Gasteiger partial charge in [-0.3, -0.25) is 4.90 Å². The molecule has 3 rings (SSSR count). The maximum atomic E-state index is 5.91. The van der Waals surface area contributed by atoms with E-state index in [0.29, 0.717) is 5.54 Å². The highest BCUT2D eigenvalue weighted by Gasteiger charge is 2.30. The van der Waals surface area contributed by atoms with Gasteiger partial charge in [0.05, 0.1) is 12.2 Å². The Morgan fingerprint density at radius 3 is 1.65 bits per heavy atom. The molecular weight excluding hydrogens is 382 g/mol. The molecular formula is C27H53N3O. The van der Waals surface area contributed by atoms with Crippen molar-refractivity contribution in [1.29, 1.82) is 0 Å². The maximum absolute atomic E-state index is 5.91.